The maximum atomic E-state index is 4.27. The first-order chi connectivity index (χ1) is 5.24. The summed E-state index contributed by atoms with van der Waals surface area (Å²) >= 11 is 4.27. The molecular weight excluding hydrogens is 154 g/mol. The first-order valence-electron chi connectivity index (χ1n) is 4.57. The lowest BCUT2D eigenvalue weighted by Crippen LogP contribution is -2.29. The summed E-state index contributed by atoms with van der Waals surface area (Å²) in [7, 11) is 0. The van der Waals surface area contributed by atoms with Crippen LogP contribution in [0.2, 0.25) is 0 Å². The summed E-state index contributed by atoms with van der Waals surface area (Å²) in [6.07, 6.45) is 1.26. The summed E-state index contributed by atoms with van der Waals surface area (Å²) < 4.78 is 0. The van der Waals surface area contributed by atoms with Crippen molar-refractivity contribution in [2.75, 3.05) is 25.4 Å². The normalized spacial score (nSPS) is 13.9. The van der Waals surface area contributed by atoms with Gasteiger partial charge in [0.05, 0.1) is 0 Å². The SMILES string of the molecule is CCCN(CC)CC(C)CS. The minimum atomic E-state index is 0.727. The molecule has 0 N–H and O–H groups in total. The zero-order chi connectivity index (χ0) is 8.69. The van der Waals surface area contributed by atoms with Gasteiger partial charge in [-0.15, -0.1) is 0 Å². The monoisotopic (exact) mass is 175 g/mol. The van der Waals surface area contributed by atoms with Crippen LogP contribution < -0.4 is 0 Å². The van der Waals surface area contributed by atoms with Gasteiger partial charge in [-0.2, -0.15) is 12.6 Å². The van der Waals surface area contributed by atoms with E-state index in [4.69, 9.17) is 0 Å². The maximum absolute atomic E-state index is 4.27. The lowest BCUT2D eigenvalue weighted by Gasteiger charge is -2.22. The molecule has 0 aliphatic carbocycles. The fraction of sp³-hybridized carbons (Fsp3) is 1.00. The van der Waals surface area contributed by atoms with Crippen molar-refractivity contribution >= 4 is 12.6 Å². The Morgan fingerprint density at radius 1 is 1.36 bits per heavy atom. The minimum absolute atomic E-state index is 0.727. The van der Waals surface area contributed by atoms with E-state index in [1.165, 1.54) is 26.1 Å². The predicted molar refractivity (Wildman–Crippen MR) is 55.4 cm³/mol. The first kappa shape index (κ1) is 11.3. The van der Waals surface area contributed by atoms with E-state index in [0.717, 1.165) is 11.7 Å². The highest BCUT2D eigenvalue weighted by atomic mass is 32.1. The summed E-state index contributed by atoms with van der Waals surface area (Å²) in [4.78, 5) is 2.49. The fourth-order valence-corrected chi connectivity index (χ4v) is 1.31. The molecule has 1 unspecified atom stereocenters. The molecule has 0 aromatic rings. The van der Waals surface area contributed by atoms with Crippen LogP contribution in [0.1, 0.15) is 27.2 Å². The number of hydrogen-bond donors (Lipinski definition) is 1. The molecule has 0 bridgehead atoms. The van der Waals surface area contributed by atoms with Crippen molar-refractivity contribution < 1.29 is 0 Å². The smallest absolute Gasteiger partial charge is 0.00147 e. The van der Waals surface area contributed by atoms with Crippen LogP contribution in [0, 0.1) is 5.92 Å². The standard InChI is InChI=1S/C9H21NS/c1-4-6-10(5-2)7-9(3)8-11/h9,11H,4-8H2,1-3H3. The molecule has 0 amide bonds. The van der Waals surface area contributed by atoms with Gasteiger partial charge in [0.1, 0.15) is 0 Å². The average molecular weight is 175 g/mol. The molecule has 68 valence electrons. The van der Waals surface area contributed by atoms with Gasteiger partial charge in [0, 0.05) is 6.54 Å². The number of hydrogen-bond acceptors (Lipinski definition) is 2. The molecule has 0 radical (unpaired) electrons. The Kier molecular flexibility index (Phi) is 7.18. The summed E-state index contributed by atoms with van der Waals surface area (Å²) in [5.41, 5.74) is 0. The lowest BCUT2D eigenvalue weighted by molar-refractivity contribution is 0.259. The molecule has 1 atom stereocenters. The third-order valence-electron chi connectivity index (χ3n) is 1.87. The third kappa shape index (κ3) is 5.57. The highest BCUT2D eigenvalue weighted by Gasteiger charge is 2.05. The summed E-state index contributed by atoms with van der Waals surface area (Å²) in [5, 5.41) is 0. The van der Waals surface area contributed by atoms with E-state index >= 15 is 0 Å². The molecule has 0 heterocycles. The molecule has 0 fully saturated rings. The van der Waals surface area contributed by atoms with Crippen LogP contribution in [0.4, 0.5) is 0 Å². The Hall–Kier alpha value is 0.310. The Balaban J connectivity index is 3.49. The quantitative estimate of drug-likeness (QED) is 0.606. The predicted octanol–water partition coefficient (Wildman–Crippen LogP) is 2.28. The molecular formula is C9H21NS. The van der Waals surface area contributed by atoms with E-state index in [1.54, 1.807) is 0 Å². The van der Waals surface area contributed by atoms with Gasteiger partial charge in [-0.3, -0.25) is 0 Å². The van der Waals surface area contributed by atoms with E-state index < -0.39 is 0 Å². The molecule has 0 aromatic heterocycles. The van der Waals surface area contributed by atoms with Crippen LogP contribution in [0.3, 0.4) is 0 Å². The maximum Gasteiger partial charge on any atom is 0.00147 e. The Labute approximate surface area is 76.6 Å². The van der Waals surface area contributed by atoms with Crippen LogP contribution in [0.5, 0.6) is 0 Å². The zero-order valence-corrected chi connectivity index (χ0v) is 8.90. The molecule has 0 rings (SSSR count). The molecule has 0 aromatic carbocycles. The number of nitrogens with zero attached hydrogens (tertiary/aromatic N) is 1. The van der Waals surface area contributed by atoms with Crippen LogP contribution in [0.15, 0.2) is 0 Å². The van der Waals surface area contributed by atoms with Crippen molar-refractivity contribution in [1.82, 2.24) is 4.90 Å². The van der Waals surface area contributed by atoms with Gasteiger partial charge in [0.2, 0.25) is 0 Å². The van der Waals surface area contributed by atoms with Gasteiger partial charge in [-0.25, -0.2) is 0 Å². The van der Waals surface area contributed by atoms with Gasteiger partial charge >= 0.3 is 0 Å². The van der Waals surface area contributed by atoms with Gasteiger partial charge < -0.3 is 4.90 Å². The minimum Gasteiger partial charge on any atom is -0.303 e. The second kappa shape index (κ2) is 6.99. The third-order valence-corrected chi connectivity index (χ3v) is 2.49. The van der Waals surface area contributed by atoms with Crippen molar-refractivity contribution in [1.29, 1.82) is 0 Å². The molecule has 11 heavy (non-hydrogen) atoms. The summed E-state index contributed by atoms with van der Waals surface area (Å²) in [6.45, 7) is 10.3. The van der Waals surface area contributed by atoms with Crippen LogP contribution in [-0.4, -0.2) is 30.3 Å². The van der Waals surface area contributed by atoms with E-state index in [9.17, 15) is 0 Å². The molecule has 0 aliphatic heterocycles. The van der Waals surface area contributed by atoms with Crippen molar-refractivity contribution in [3.8, 4) is 0 Å². The van der Waals surface area contributed by atoms with Crippen molar-refractivity contribution in [2.24, 2.45) is 5.92 Å². The second-order valence-corrected chi connectivity index (χ2v) is 3.55. The van der Waals surface area contributed by atoms with Crippen molar-refractivity contribution in [2.45, 2.75) is 27.2 Å². The molecule has 2 heteroatoms. The van der Waals surface area contributed by atoms with Crippen LogP contribution >= 0.6 is 12.6 Å². The number of thiol groups is 1. The largest absolute Gasteiger partial charge is 0.303 e. The topological polar surface area (TPSA) is 3.24 Å². The van der Waals surface area contributed by atoms with E-state index in [-0.39, 0.29) is 0 Å². The second-order valence-electron chi connectivity index (χ2n) is 3.18. The highest BCUT2D eigenvalue weighted by molar-refractivity contribution is 7.80. The molecule has 0 saturated heterocycles. The van der Waals surface area contributed by atoms with E-state index in [2.05, 4.69) is 38.3 Å². The van der Waals surface area contributed by atoms with Gasteiger partial charge in [-0.05, 0) is 31.2 Å². The average Bonchev–Trinajstić information content (AvgIpc) is 2.03. The van der Waals surface area contributed by atoms with Crippen LogP contribution in [-0.2, 0) is 0 Å². The van der Waals surface area contributed by atoms with E-state index in [1.807, 2.05) is 0 Å². The van der Waals surface area contributed by atoms with Crippen molar-refractivity contribution in [3.63, 3.8) is 0 Å². The highest BCUT2D eigenvalue weighted by Crippen LogP contribution is 2.02. The van der Waals surface area contributed by atoms with Gasteiger partial charge in [0.15, 0.2) is 0 Å². The zero-order valence-electron chi connectivity index (χ0n) is 8.01. The Morgan fingerprint density at radius 2 is 2.00 bits per heavy atom. The first-order valence-corrected chi connectivity index (χ1v) is 5.21. The molecule has 0 spiro atoms. The van der Waals surface area contributed by atoms with E-state index in [0.29, 0.717) is 0 Å². The summed E-state index contributed by atoms with van der Waals surface area (Å²) in [5.74, 6) is 1.73. The van der Waals surface area contributed by atoms with Crippen LogP contribution in [0.25, 0.3) is 0 Å². The van der Waals surface area contributed by atoms with Crippen molar-refractivity contribution in [3.05, 3.63) is 0 Å². The Morgan fingerprint density at radius 3 is 2.36 bits per heavy atom. The lowest BCUT2D eigenvalue weighted by atomic mass is 10.2. The number of rotatable bonds is 6. The summed E-state index contributed by atoms with van der Waals surface area (Å²) in [6, 6.07) is 0. The van der Waals surface area contributed by atoms with Gasteiger partial charge in [-0.1, -0.05) is 20.8 Å². The van der Waals surface area contributed by atoms with Gasteiger partial charge in [0.25, 0.3) is 0 Å². The molecule has 1 nitrogen and oxygen atoms in total. The Bertz CT molecular complexity index is 85.6. The molecule has 0 aliphatic rings. The fourth-order valence-electron chi connectivity index (χ4n) is 1.19. The molecule has 0 saturated carbocycles.